The molecule has 0 aliphatic carbocycles. The summed E-state index contributed by atoms with van der Waals surface area (Å²) in [7, 11) is 0. The smallest absolute Gasteiger partial charge is 0.331 e. The quantitative estimate of drug-likeness (QED) is 0.320. The molecule has 186 valence electrons. The van der Waals surface area contributed by atoms with E-state index in [0.717, 1.165) is 9.44 Å². The van der Waals surface area contributed by atoms with E-state index in [1.807, 2.05) is 17.5 Å². The first-order valence-corrected chi connectivity index (χ1v) is 12.4. The first-order chi connectivity index (χ1) is 17.4. The highest BCUT2D eigenvalue weighted by Crippen LogP contribution is 2.12. The largest absolute Gasteiger partial charge is 0.351 e. The van der Waals surface area contributed by atoms with Gasteiger partial charge in [-0.3, -0.25) is 23.5 Å². The van der Waals surface area contributed by atoms with Crippen LogP contribution in [0.25, 0.3) is 10.9 Å². The SMILES string of the molecule is O=C(CCCCn1c(=O)c2ccccc2n(CC(=O)Nc2cccc(F)c2)c1=O)NCc1cccs1. The Balaban J connectivity index is 1.45. The van der Waals surface area contributed by atoms with Crippen LogP contribution in [0.15, 0.2) is 75.6 Å². The molecule has 2 aromatic heterocycles. The molecule has 2 N–H and O–H groups in total. The molecule has 2 amide bonds. The summed E-state index contributed by atoms with van der Waals surface area (Å²) in [5.74, 6) is -1.12. The average Bonchev–Trinajstić information content (AvgIpc) is 3.39. The summed E-state index contributed by atoms with van der Waals surface area (Å²) in [6, 6.07) is 15.9. The Kier molecular flexibility index (Phi) is 8.06. The summed E-state index contributed by atoms with van der Waals surface area (Å²) in [5, 5.41) is 7.68. The molecular formula is C26H25FN4O4S. The third kappa shape index (κ3) is 6.14. The third-order valence-electron chi connectivity index (χ3n) is 5.62. The number of hydrogen-bond acceptors (Lipinski definition) is 5. The van der Waals surface area contributed by atoms with Crippen LogP contribution in [-0.2, 0) is 29.2 Å². The normalized spacial score (nSPS) is 10.9. The molecule has 0 spiro atoms. The minimum Gasteiger partial charge on any atom is -0.351 e. The van der Waals surface area contributed by atoms with E-state index in [1.165, 1.54) is 22.8 Å². The van der Waals surface area contributed by atoms with Gasteiger partial charge in [0.25, 0.3) is 5.56 Å². The van der Waals surface area contributed by atoms with Crippen LogP contribution in [0, 0.1) is 5.82 Å². The molecule has 8 nitrogen and oxygen atoms in total. The number of carbonyl (C=O) groups is 2. The molecular weight excluding hydrogens is 483 g/mol. The van der Waals surface area contributed by atoms with Crippen molar-refractivity contribution in [3.8, 4) is 0 Å². The van der Waals surface area contributed by atoms with Crippen LogP contribution in [0.5, 0.6) is 0 Å². The molecule has 10 heteroatoms. The van der Waals surface area contributed by atoms with Crippen molar-refractivity contribution >= 4 is 39.7 Å². The van der Waals surface area contributed by atoms with Crippen molar-refractivity contribution < 1.29 is 14.0 Å². The van der Waals surface area contributed by atoms with Gasteiger partial charge in [0.05, 0.1) is 17.4 Å². The fourth-order valence-electron chi connectivity index (χ4n) is 3.87. The highest BCUT2D eigenvalue weighted by Gasteiger charge is 2.15. The highest BCUT2D eigenvalue weighted by molar-refractivity contribution is 7.09. The number of amides is 2. The molecule has 0 aliphatic heterocycles. The topological polar surface area (TPSA) is 102 Å². The average molecular weight is 509 g/mol. The Morgan fingerprint density at radius 2 is 1.75 bits per heavy atom. The summed E-state index contributed by atoms with van der Waals surface area (Å²) in [6.45, 7) is 0.247. The van der Waals surface area contributed by atoms with Crippen LogP contribution in [0.2, 0.25) is 0 Å². The summed E-state index contributed by atoms with van der Waals surface area (Å²) in [6.07, 6.45) is 1.21. The highest BCUT2D eigenvalue weighted by atomic mass is 32.1. The van der Waals surface area contributed by atoms with E-state index in [1.54, 1.807) is 41.7 Å². The van der Waals surface area contributed by atoms with Gasteiger partial charge < -0.3 is 10.6 Å². The van der Waals surface area contributed by atoms with E-state index < -0.39 is 23.0 Å². The van der Waals surface area contributed by atoms with Gasteiger partial charge in [-0.15, -0.1) is 11.3 Å². The molecule has 4 aromatic rings. The van der Waals surface area contributed by atoms with Gasteiger partial charge in [0.1, 0.15) is 12.4 Å². The van der Waals surface area contributed by atoms with Crippen LogP contribution >= 0.6 is 11.3 Å². The molecule has 0 saturated carbocycles. The summed E-state index contributed by atoms with van der Waals surface area (Å²) in [4.78, 5) is 52.0. The van der Waals surface area contributed by atoms with Gasteiger partial charge in [-0.2, -0.15) is 0 Å². The van der Waals surface area contributed by atoms with Crippen LogP contribution in [0.4, 0.5) is 10.1 Å². The molecule has 0 radical (unpaired) electrons. The van der Waals surface area contributed by atoms with E-state index in [0.29, 0.717) is 30.3 Å². The van der Waals surface area contributed by atoms with Gasteiger partial charge in [-0.25, -0.2) is 9.18 Å². The summed E-state index contributed by atoms with van der Waals surface area (Å²) < 4.78 is 15.8. The van der Waals surface area contributed by atoms with Gasteiger partial charge in [0.2, 0.25) is 11.8 Å². The van der Waals surface area contributed by atoms with E-state index in [9.17, 15) is 23.6 Å². The van der Waals surface area contributed by atoms with Gasteiger partial charge >= 0.3 is 5.69 Å². The predicted octanol–water partition coefficient (Wildman–Crippen LogP) is 3.49. The lowest BCUT2D eigenvalue weighted by Gasteiger charge is -2.14. The first kappa shape index (κ1) is 25.1. The van der Waals surface area contributed by atoms with E-state index >= 15 is 0 Å². The van der Waals surface area contributed by atoms with Crippen LogP contribution in [0.3, 0.4) is 0 Å². The van der Waals surface area contributed by atoms with Crippen molar-refractivity contribution in [3.05, 3.63) is 97.6 Å². The van der Waals surface area contributed by atoms with Crippen molar-refractivity contribution in [2.75, 3.05) is 5.32 Å². The van der Waals surface area contributed by atoms with Crippen molar-refractivity contribution in [2.24, 2.45) is 0 Å². The molecule has 0 unspecified atom stereocenters. The Hall–Kier alpha value is -4.05. The van der Waals surface area contributed by atoms with Gasteiger partial charge in [-0.05, 0) is 54.6 Å². The number of nitrogens with zero attached hydrogens (tertiary/aromatic N) is 2. The number of nitrogens with one attached hydrogen (secondary N) is 2. The minimum absolute atomic E-state index is 0.0966. The number of unbranched alkanes of at least 4 members (excludes halogenated alkanes) is 1. The Morgan fingerprint density at radius 1 is 0.917 bits per heavy atom. The number of para-hydroxylation sites is 1. The number of halogens is 1. The molecule has 36 heavy (non-hydrogen) atoms. The molecule has 0 aliphatic rings. The molecule has 4 rings (SSSR count). The van der Waals surface area contributed by atoms with E-state index in [2.05, 4.69) is 10.6 Å². The fourth-order valence-corrected chi connectivity index (χ4v) is 4.52. The van der Waals surface area contributed by atoms with Crippen LogP contribution < -0.4 is 21.9 Å². The number of hydrogen-bond donors (Lipinski definition) is 2. The second kappa shape index (κ2) is 11.6. The van der Waals surface area contributed by atoms with E-state index in [4.69, 9.17) is 0 Å². The summed E-state index contributed by atoms with van der Waals surface area (Å²) in [5.41, 5.74) is -0.455. The van der Waals surface area contributed by atoms with Crippen LogP contribution in [0.1, 0.15) is 24.1 Å². The number of anilines is 1. The predicted molar refractivity (Wildman–Crippen MR) is 138 cm³/mol. The molecule has 0 bridgehead atoms. The minimum atomic E-state index is -0.616. The number of aromatic nitrogens is 2. The summed E-state index contributed by atoms with van der Waals surface area (Å²) >= 11 is 1.57. The number of benzene rings is 2. The van der Waals surface area contributed by atoms with E-state index in [-0.39, 0.29) is 31.1 Å². The maximum absolute atomic E-state index is 13.4. The molecule has 2 aromatic carbocycles. The van der Waals surface area contributed by atoms with Gasteiger partial charge in [0, 0.05) is 23.5 Å². The maximum Gasteiger partial charge on any atom is 0.331 e. The van der Waals surface area contributed by atoms with Crippen molar-refractivity contribution in [1.29, 1.82) is 0 Å². The standard InChI is InChI=1S/C26H25FN4O4S/c27-18-7-5-8-19(15-18)29-24(33)17-31-22-11-2-1-10-21(22)25(34)30(26(31)35)13-4-3-12-23(32)28-16-20-9-6-14-36-20/h1-2,5-11,14-15H,3-4,12-13,16-17H2,(H,28,32)(H,29,33). The molecule has 0 saturated heterocycles. The van der Waals surface area contributed by atoms with Gasteiger partial charge in [0.15, 0.2) is 0 Å². The van der Waals surface area contributed by atoms with Crippen LogP contribution in [-0.4, -0.2) is 20.9 Å². The number of thiophene rings is 1. The Bertz CT molecular complexity index is 1490. The zero-order chi connectivity index (χ0) is 25.5. The zero-order valence-corrected chi connectivity index (χ0v) is 20.2. The van der Waals surface area contributed by atoms with Gasteiger partial charge in [-0.1, -0.05) is 24.3 Å². The monoisotopic (exact) mass is 508 g/mol. The second-order valence-electron chi connectivity index (χ2n) is 8.21. The zero-order valence-electron chi connectivity index (χ0n) is 19.4. The third-order valence-corrected chi connectivity index (χ3v) is 6.49. The van der Waals surface area contributed by atoms with Crippen molar-refractivity contribution in [1.82, 2.24) is 14.5 Å². The van der Waals surface area contributed by atoms with Crippen molar-refractivity contribution in [2.45, 2.75) is 38.9 Å². The lowest BCUT2D eigenvalue weighted by atomic mass is 10.2. The second-order valence-corrected chi connectivity index (χ2v) is 9.25. The molecule has 0 fully saturated rings. The lowest BCUT2D eigenvalue weighted by Crippen LogP contribution is -2.41. The van der Waals surface area contributed by atoms with Crippen molar-refractivity contribution in [3.63, 3.8) is 0 Å². The molecule has 0 atom stereocenters. The Morgan fingerprint density at radius 3 is 2.53 bits per heavy atom. The Labute approximate surface area is 210 Å². The first-order valence-electron chi connectivity index (χ1n) is 11.5. The number of fused-ring (bicyclic) bond motifs is 1. The fraction of sp³-hybridized carbons (Fsp3) is 0.231. The lowest BCUT2D eigenvalue weighted by molar-refractivity contribution is -0.121. The molecule has 2 heterocycles. The number of carbonyl (C=O) groups excluding carboxylic acids is 2. The maximum atomic E-state index is 13.4. The number of rotatable bonds is 10.